The van der Waals surface area contributed by atoms with E-state index in [1.165, 1.54) is 80.2 Å². The Hall–Kier alpha value is -7.46. The average molecular weight is 769 g/mol. The number of rotatable bonds is 6. The number of anilines is 3. The molecule has 59 heavy (non-hydrogen) atoms. The highest BCUT2D eigenvalue weighted by Crippen LogP contribution is 2.47. The zero-order chi connectivity index (χ0) is 38.9. The van der Waals surface area contributed by atoms with Gasteiger partial charge in [0.25, 0.3) is 0 Å². The van der Waals surface area contributed by atoms with Crippen molar-refractivity contribution in [3.63, 3.8) is 0 Å². The second-order valence-electron chi connectivity index (χ2n) is 15.3. The highest BCUT2D eigenvalue weighted by atomic mass is 32.1. The number of benzene rings is 10. The van der Waals surface area contributed by atoms with E-state index < -0.39 is 0 Å². The van der Waals surface area contributed by atoms with Crippen molar-refractivity contribution in [3.8, 4) is 27.9 Å². The smallest absolute Gasteiger partial charge is 0.0546 e. The Bertz CT molecular complexity index is 3520. The van der Waals surface area contributed by atoms with Gasteiger partial charge in [-0.25, -0.2) is 0 Å². The van der Waals surface area contributed by atoms with Crippen molar-refractivity contribution in [2.75, 3.05) is 4.90 Å². The van der Waals surface area contributed by atoms with E-state index in [0.29, 0.717) is 0 Å². The molecule has 0 saturated carbocycles. The Morgan fingerprint density at radius 2 is 0.966 bits per heavy atom. The van der Waals surface area contributed by atoms with Crippen LogP contribution in [0.15, 0.2) is 218 Å². The monoisotopic (exact) mass is 768 g/mol. The lowest BCUT2D eigenvalue weighted by Gasteiger charge is -2.29. The second-order valence-corrected chi connectivity index (χ2v) is 16.4. The summed E-state index contributed by atoms with van der Waals surface area (Å²) in [7, 11) is 0. The van der Waals surface area contributed by atoms with E-state index in [2.05, 4.69) is 228 Å². The van der Waals surface area contributed by atoms with Gasteiger partial charge in [-0.3, -0.25) is 0 Å². The lowest BCUT2D eigenvalue weighted by molar-refractivity contribution is 1.17. The summed E-state index contributed by atoms with van der Waals surface area (Å²) < 4.78 is 4.98. The SMILES string of the molecule is c1ccc(-c2ccc(-c3cc4ccccc4c4ccccc34)cc2N(c2cccc(-n3c4ccccc4c4ccccc43)c2)c2ccc3c(c2)sc2ccccc23)cc1. The normalized spacial score (nSPS) is 11.7. The van der Waals surface area contributed by atoms with Crippen molar-refractivity contribution < 1.29 is 0 Å². The van der Waals surface area contributed by atoms with Crippen LogP contribution in [0.25, 0.3) is 91.5 Å². The molecule has 2 heterocycles. The minimum absolute atomic E-state index is 1.09. The highest BCUT2D eigenvalue weighted by Gasteiger charge is 2.22. The van der Waals surface area contributed by atoms with Crippen molar-refractivity contribution in [1.29, 1.82) is 0 Å². The maximum absolute atomic E-state index is 2.48. The van der Waals surface area contributed by atoms with Crippen molar-refractivity contribution in [2.24, 2.45) is 0 Å². The Morgan fingerprint density at radius 3 is 1.76 bits per heavy atom. The van der Waals surface area contributed by atoms with Crippen molar-refractivity contribution in [2.45, 2.75) is 0 Å². The Labute approximate surface area is 346 Å². The molecule has 0 aliphatic rings. The maximum Gasteiger partial charge on any atom is 0.0546 e. The molecule has 0 fully saturated rings. The molecule has 0 amide bonds. The third-order valence-corrected chi connectivity index (χ3v) is 13.1. The van der Waals surface area contributed by atoms with Gasteiger partial charge in [0.05, 0.1) is 16.7 Å². The lowest BCUT2D eigenvalue weighted by atomic mass is 9.91. The molecule has 2 nitrogen and oxygen atoms in total. The Kier molecular flexibility index (Phi) is 7.75. The summed E-state index contributed by atoms with van der Waals surface area (Å²) in [6.07, 6.45) is 0. The van der Waals surface area contributed by atoms with E-state index in [4.69, 9.17) is 0 Å². The summed E-state index contributed by atoms with van der Waals surface area (Å²) in [5.41, 5.74) is 11.5. The molecule has 0 radical (unpaired) electrons. The fourth-order valence-corrected chi connectivity index (χ4v) is 10.4. The molecule has 10 aromatic carbocycles. The van der Waals surface area contributed by atoms with E-state index in [9.17, 15) is 0 Å². The van der Waals surface area contributed by atoms with Gasteiger partial charge in [0.1, 0.15) is 0 Å². The van der Waals surface area contributed by atoms with Gasteiger partial charge in [-0.1, -0.05) is 158 Å². The molecule has 0 aliphatic carbocycles. The van der Waals surface area contributed by atoms with Crippen molar-refractivity contribution >= 4 is 91.9 Å². The third-order valence-electron chi connectivity index (χ3n) is 11.9. The minimum atomic E-state index is 1.09. The predicted molar refractivity (Wildman–Crippen MR) is 254 cm³/mol. The van der Waals surface area contributed by atoms with Gasteiger partial charge in [-0.2, -0.15) is 0 Å². The average Bonchev–Trinajstić information content (AvgIpc) is 3.85. The van der Waals surface area contributed by atoms with Gasteiger partial charge in [0, 0.05) is 53.6 Å². The summed E-state index contributed by atoms with van der Waals surface area (Å²) in [5, 5.41) is 10.1. The first kappa shape index (κ1) is 33.7. The molecule has 0 bridgehead atoms. The van der Waals surface area contributed by atoms with Crippen LogP contribution in [0.5, 0.6) is 0 Å². The molecule has 3 heteroatoms. The molecule has 12 rings (SSSR count). The van der Waals surface area contributed by atoms with Crippen LogP contribution in [0.4, 0.5) is 17.1 Å². The molecule has 0 N–H and O–H groups in total. The number of aromatic nitrogens is 1. The molecule has 0 spiro atoms. The van der Waals surface area contributed by atoms with E-state index in [0.717, 1.165) is 28.3 Å². The van der Waals surface area contributed by atoms with Gasteiger partial charge >= 0.3 is 0 Å². The number of nitrogens with zero attached hydrogens (tertiary/aromatic N) is 2. The van der Waals surface area contributed by atoms with Crippen LogP contribution in [0, 0.1) is 0 Å². The van der Waals surface area contributed by atoms with Crippen molar-refractivity contribution in [3.05, 3.63) is 218 Å². The van der Waals surface area contributed by atoms with Crippen LogP contribution in [0.3, 0.4) is 0 Å². The standard InChI is InChI=1S/C56H36N2S/c1-2-15-37(16-3-1)44-31-29-39(51-33-38-17-4-5-20-43(38)45-21-6-7-22-46(45)51)34-54(44)57(42-30-32-50-49-25-10-13-28-55(49)59-56(50)36-42)40-18-14-19-41(35-40)58-52-26-11-8-23-47(52)48-24-9-12-27-53(48)58/h1-36H. The molecular weight excluding hydrogens is 733 g/mol. The topological polar surface area (TPSA) is 8.17 Å². The summed E-state index contributed by atoms with van der Waals surface area (Å²) in [6, 6.07) is 80.2. The summed E-state index contributed by atoms with van der Waals surface area (Å²) in [6.45, 7) is 0. The summed E-state index contributed by atoms with van der Waals surface area (Å²) >= 11 is 1.86. The van der Waals surface area contributed by atoms with Gasteiger partial charge in [0.2, 0.25) is 0 Å². The zero-order valence-corrected chi connectivity index (χ0v) is 32.9. The molecule has 12 aromatic rings. The van der Waals surface area contributed by atoms with Crippen LogP contribution in [-0.2, 0) is 0 Å². The summed E-state index contributed by atoms with van der Waals surface area (Å²) in [5.74, 6) is 0. The van der Waals surface area contributed by atoms with Gasteiger partial charge < -0.3 is 9.47 Å². The second kappa shape index (κ2) is 13.6. The lowest BCUT2D eigenvalue weighted by Crippen LogP contribution is -2.12. The van der Waals surface area contributed by atoms with E-state index in [1.807, 2.05) is 11.3 Å². The third kappa shape index (κ3) is 5.47. The fourth-order valence-electron chi connectivity index (χ4n) is 9.29. The van der Waals surface area contributed by atoms with Crippen LogP contribution < -0.4 is 4.90 Å². The Morgan fingerprint density at radius 1 is 0.339 bits per heavy atom. The number of hydrogen-bond donors (Lipinski definition) is 0. The molecule has 2 aromatic heterocycles. The molecule has 0 saturated heterocycles. The zero-order valence-electron chi connectivity index (χ0n) is 32.1. The van der Waals surface area contributed by atoms with Gasteiger partial charge in [0.15, 0.2) is 0 Å². The van der Waals surface area contributed by atoms with E-state index in [-0.39, 0.29) is 0 Å². The van der Waals surface area contributed by atoms with Gasteiger partial charge in [-0.15, -0.1) is 11.3 Å². The predicted octanol–water partition coefficient (Wildman–Crippen LogP) is 16.3. The first-order valence-corrected chi connectivity index (χ1v) is 21.0. The van der Waals surface area contributed by atoms with E-state index >= 15 is 0 Å². The van der Waals surface area contributed by atoms with E-state index in [1.54, 1.807) is 0 Å². The molecular formula is C56H36N2S. The van der Waals surface area contributed by atoms with Crippen LogP contribution in [0.1, 0.15) is 0 Å². The fraction of sp³-hybridized carbons (Fsp3) is 0. The Balaban J connectivity index is 1.15. The minimum Gasteiger partial charge on any atom is -0.310 e. The van der Waals surface area contributed by atoms with Crippen LogP contribution in [0.2, 0.25) is 0 Å². The number of thiophene rings is 1. The highest BCUT2D eigenvalue weighted by molar-refractivity contribution is 7.25. The largest absolute Gasteiger partial charge is 0.310 e. The molecule has 0 aliphatic heterocycles. The van der Waals surface area contributed by atoms with Crippen LogP contribution >= 0.6 is 11.3 Å². The first-order chi connectivity index (χ1) is 29.3. The number of fused-ring (bicyclic) bond motifs is 9. The number of hydrogen-bond acceptors (Lipinski definition) is 2. The first-order valence-electron chi connectivity index (χ1n) is 20.2. The number of para-hydroxylation sites is 2. The molecule has 0 unspecified atom stereocenters. The van der Waals surface area contributed by atoms with Crippen LogP contribution in [-0.4, -0.2) is 4.57 Å². The summed E-state index contributed by atoms with van der Waals surface area (Å²) in [4.78, 5) is 2.48. The van der Waals surface area contributed by atoms with Gasteiger partial charge in [-0.05, 0) is 98.9 Å². The quantitative estimate of drug-likeness (QED) is 0.153. The molecule has 0 atom stereocenters. The maximum atomic E-state index is 2.48. The molecule has 276 valence electrons. The van der Waals surface area contributed by atoms with Crippen molar-refractivity contribution in [1.82, 2.24) is 4.57 Å².